The summed E-state index contributed by atoms with van der Waals surface area (Å²) in [4.78, 5) is 31.2. The number of thioether (sulfide) groups is 1. The van der Waals surface area contributed by atoms with Crippen LogP contribution in [0, 0.1) is 0 Å². The summed E-state index contributed by atoms with van der Waals surface area (Å²) >= 11 is 1.71. The Balaban J connectivity index is 1.31. The van der Waals surface area contributed by atoms with Gasteiger partial charge in [-0.15, -0.1) is 11.8 Å². The Morgan fingerprint density at radius 3 is 2.39 bits per heavy atom. The van der Waals surface area contributed by atoms with Gasteiger partial charge in [-0.25, -0.2) is 0 Å². The van der Waals surface area contributed by atoms with Gasteiger partial charge in [-0.2, -0.15) is 0 Å². The lowest BCUT2D eigenvalue weighted by molar-refractivity contribution is -0.128. The SMILES string of the molecule is CC(C)(C)c1ccc(C2SCC(=O)N2CCN2CCN(C(=O)c3ccco3)CC2)cc1. The van der Waals surface area contributed by atoms with Crippen LogP contribution in [-0.4, -0.2) is 71.5 Å². The van der Waals surface area contributed by atoms with Gasteiger partial charge in [0, 0.05) is 39.3 Å². The molecule has 6 nitrogen and oxygen atoms in total. The molecule has 0 saturated carbocycles. The van der Waals surface area contributed by atoms with Crippen molar-refractivity contribution in [2.24, 2.45) is 0 Å². The highest BCUT2D eigenvalue weighted by atomic mass is 32.2. The summed E-state index contributed by atoms with van der Waals surface area (Å²) in [5.74, 6) is 1.10. The molecule has 1 atom stereocenters. The van der Waals surface area contributed by atoms with Crippen LogP contribution in [0.2, 0.25) is 0 Å². The molecule has 3 heterocycles. The molecule has 2 amide bonds. The molecule has 2 saturated heterocycles. The first kappa shape index (κ1) is 22.0. The number of carbonyl (C=O) groups is 2. The molecule has 1 aromatic carbocycles. The second kappa shape index (κ2) is 9.09. The molecular formula is C24H31N3O3S. The number of hydrogen-bond acceptors (Lipinski definition) is 5. The Labute approximate surface area is 188 Å². The quantitative estimate of drug-likeness (QED) is 0.710. The highest BCUT2D eigenvalue weighted by molar-refractivity contribution is 8.00. The van der Waals surface area contributed by atoms with Crippen LogP contribution < -0.4 is 0 Å². The standard InChI is InChI=1S/C24H31N3O3S/c1-24(2,3)19-8-6-18(7-9-19)23-27(21(28)17-31-23)15-12-25-10-13-26(14-11-25)22(29)20-5-4-16-30-20/h4-9,16,23H,10-15,17H2,1-3H3. The number of carbonyl (C=O) groups excluding carboxylic acids is 2. The fourth-order valence-electron chi connectivity index (χ4n) is 4.10. The van der Waals surface area contributed by atoms with Crippen molar-refractivity contribution < 1.29 is 14.0 Å². The molecule has 0 aliphatic carbocycles. The number of rotatable bonds is 5. The fraction of sp³-hybridized carbons (Fsp3) is 0.500. The number of amides is 2. The van der Waals surface area contributed by atoms with Gasteiger partial charge in [0.15, 0.2) is 5.76 Å². The first-order chi connectivity index (χ1) is 14.8. The van der Waals surface area contributed by atoms with E-state index in [1.807, 2.05) is 9.80 Å². The van der Waals surface area contributed by atoms with Crippen LogP contribution in [0.1, 0.15) is 47.8 Å². The maximum atomic E-state index is 12.6. The van der Waals surface area contributed by atoms with Gasteiger partial charge in [-0.05, 0) is 28.7 Å². The van der Waals surface area contributed by atoms with Crippen LogP contribution in [0.4, 0.5) is 0 Å². The minimum Gasteiger partial charge on any atom is -0.459 e. The molecule has 2 aromatic rings. The summed E-state index contributed by atoms with van der Waals surface area (Å²) in [5.41, 5.74) is 2.62. The second-order valence-electron chi connectivity index (χ2n) is 9.23. The zero-order valence-corrected chi connectivity index (χ0v) is 19.4. The largest absolute Gasteiger partial charge is 0.459 e. The van der Waals surface area contributed by atoms with E-state index in [9.17, 15) is 9.59 Å². The fourth-order valence-corrected chi connectivity index (χ4v) is 5.32. The molecule has 7 heteroatoms. The Morgan fingerprint density at radius 2 is 1.77 bits per heavy atom. The summed E-state index contributed by atoms with van der Waals surface area (Å²) in [6.45, 7) is 11.2. The van der Waals surface area contributed by atoms with Crippen molar-refractivity contribution in [1.29, 1.82) is 0 Å². The molecule has 4 rings (SSSR count). The lowest BCUT2D eigenvalue weighted by atomic mass is 9.87. The Kier molecular flexibility index (Phi) is 6.44. The van der Waals surface area contributed by atoms with E-state index in [-0.39, 0.29) is 22.6 Å². The minimum absolute atomic E-state index is 0.0467. The maximum absolute atomic E-state index is 12.6. The van der Waals surface area contributed by atoms with E-state index in [1.54, 1.807) is 23.9 Å². The highest BCUT2D eigenvalue weighted by Crippen LogP contribution is 2.39. The van der Waals surface area contributed by atoms with E-state index in [2.05, 4.69) is 49.9 Å². The van der Waals surface area contributed by atoms with Crippen molar-refractivity contribution in [2.45, 2.75) is 31.6 Å². The third kappa shape index (κ3) is 4.99. The van der Waals surface area contributed by atoms with Crippen LogP contribution in [0.3, 0.4) is 0 Å². The first-order valence-corrected chi connectivity index (χ1v) is 11.9. The third-order valence-electron chi connectivity index (χ3n) is 6.08. The van der Waals surface area contributed by atoms with Crippen molar-refractivity contribution >= 4 is 23.6 Å². The number of piperazine rings is 1. The Hall–Kier alpha value is -2.25. The summed E-state index contributed by atoms with van der Waals surface area (Å²) in [5, 5.41) is 0.0864. The van der Waals surface area contributed by atoms with Crippen molar-refractivity contribution in [2.75, 3.05) is 45.0 Å². The number of furan rings is 1. The first-order valence-electron chi connectivity index (χ1n) is 10.9. The normalized spacial score (nSPS) is 20.5. The molecule has 0 bridgehead atoms. The van der Waals surface area contributed by atoms with Gasteiger partial charge < -0.3 is 14.2 Å². The van der Waals surface area contributed by atoms with Gasteiger partial charge >= 0.3 is 0 Å². The lowest BCUT2D eigenvalue weighted by Crippen LogP contribution is -2.50. The summed E-state index contributed by atoms with van der Waals surface area (Å²) in [7, 11) is 0. The topological polar surface area (TPSA) is 57.0 Å². The van der Waals surface area contributed by atoms with Gasteiger partial charge in [-0.1, -0.05) is 45.0 Å². The van der Waals surface area contributed by atoms with Crippen molar-refractivity contribution in [3.63, 3.8) is 0 Å². The van der Waals surface area contributed by atoms with E-state index >= 15 is 0 Å². The molecular weight excluding hydrogens is 410 g/mol. The van der Waals surface area contributed by atoms with Crippen molar-refractivity contribution in [1.82, 2.24) is 14.7 Å². The summed E-state index contributed by atoms with van der Waals surface area (Å²) < 4.78 is 5.23. The number of nitrogens with zero attached hydrogens (tertiary/aromatic N) is 3. The average molecular weight is 442 g/mol. The van der Waals surface area contributed by atoms with Crippen LogP contribution in [0.15, 0.2) is 47.1 Å². The highest BCUT2D eigenvalue weighted by Gasteiger charge is 2.33. The minimum atomic E-state index is -0.0467. The predicted octanol–water partition coefficient (Wildman–Crippen LogP) is 3.61. The molecule has 2 aliphatic rings. The van der Waals surface area contributed by atoms with E-state index in [0.717, 1.165) is 19.6 Å². The molecule has 2 aliphatic heterocycles. The van der Waals surface area contributed by atoms with Gasteiger partial charge in [0.25, 0.3) is 5.91 Å². The smallest absolute Gasteiger partial charge is 0.289 e. The van der Waals surface area contributed by atoms with Gasteiger partial charge in [0.05, 0.1) is 12.0 Å². The number of hydrogen-bond donors (Lipinski definition) is 0. The number of benzene rings is 1. The summed E-state index contributed by atoms with van der Waals surface area (Å²) in [6.07, 6.45) is 1.53. The Bertz CT molecular complexity index is 897. The lowest BCUT2D eigenvalue weighted by Gasteiger charge is -2.35. The molecule has 31 heavy (non-hydrogen) atoms. The van der Waals surface area contributed by atoms with Gasteiger partial charge in [0.2, 0.25) is 5.91 Å². The van der Waals surface area contributed by atoms with Crippen LogP contribution in [0.5, 0.6) is 0 Å². The molecule has 0 radical (unpaired) electrons. The van der Waals surface area contributed by atoms with E-state index in [1.165, 1.54) is 17.4 Å². The molecule has 1 aromatic heterocycles. The predicted molar refractivity (Wildman–Crippen MR) is 123 cm³/mol. The zero-order chi connectivity index (χ0) is 22.0. The molecule has 2 fully saturated rings. The summed E-state index contributed by atoms with van der Waals surface area (Å²) in [6, 6.07) is 12.2. The maximum Gasteiger partial charge on any atom is 0.289 e. The van der Waals surface area contributed by atoms with E-state index in [4.69, 9.17) is 4.42 Å². The zero-order valence-electron chi connectivity index (χ0n) is 18.5. The van der Waals surface area contributed by atoms with Crippen LogP contribution in [-0.2, 0) is 10.2 Å². The van der Waals surface area contributed by atoms with Gasteiger partial charge in [-0.3, -0.25) is 14.5 Å². The molecule has 1 unspecified atom stereocenters. The Morgan fingerprint density at radius 1 is 1.06 bits per heavy atom. The van der Waals surface area contributed by atoms with E-state index in [0.29, 0.717) is 31.1 Å². The van der Waals surface area contributed by atoms with E-state index < -0.39 is 0 Å². The molecule has 0 N–H and O–H groups in total. The van der Waals surface area contributed by atoms with Crippen LogP contribution in [0.25, 0.3) is 0 Å². The monoisotopic (exact) mass is 441 g/mol. The van der Waals surface area contributed by atoms with Crippen LogP contribution >= 0.6 is 11.8 Å². The van der Waals surface area contributed by atoms with Crippen molar-refractivity contribution in [3.05, 3.63) is 59.5 Å². The molecule has 0 spiro atoms. The molecule has 166 valence electrons. The van der Waals surface area contributed by atoms with Crippen molar-refractivity contribution in [3.8, 4) is 0 Å². The average Bonchev–Trinajstić information content (AvgIpc) is 3.42. The second-order valence-corrected chi connectivity index (χ2v) is 10.3. The third-order valence-corrected chi connectivity index (χ3v) is 7.33. The van der Waals surface area contributed by atoms with Gasteiger partial charge in [0.1, 0.15) is 5.37 Å².